The Morgan fingerprint density at radius 2 is 1.96 bits per heavy atom. The van der Waals surface area contributed by atoms with Crippen LogP contribution in [0.15, 0.2) is 48.7 Å². The molecule has 5 rings (SSSR count). The molecule has 1 aromatic carbocycles. The number of aromatic nitrogens is 5. The van der Waals surface area contributed by atoms with Crippen LogP contribution in [0.4, 0.5) is 11.6 Å². The highest BCUT2D eigenvalue weighted by Gasteiger charge is 2.28. The molecule has 0 unspecified atom stereocenters. The lowest BCUT2D eigenvalue weighted by molar-refractivity contribution is 0.424. The summed E-state index contributed by atoms with van der Waals surface area (Å²) in [6.45, 7) is 4.79. The van der Waals surface area contributed by atoms with Gasteiger partial charge in [-0.2, -0.15) is 4.52 Å². The van der Waals surface area contributed by atoms with E-state index in [2.05, 4.69) is 54.8 Å². The van der Waals surface area contributed by atoms with Gasteiger partial charge in [-0.1, -0.05) is 24.3 Å². The highest BCUT2D eigenvalue weighted by atomic mass is 15.4. The molecule has 1 N–H and O–H groups in total. The summed E-state index contributed by atoms with van der Waals surface area (Å²) < 4.78 is 1.79. The summed E-state index contributed by atoms with van der Waals surface area (Å²) in [6, 6.07) is 14.3. The summed E-state index contributed by atoms with van der Waals surface area (Å²) in [5, 5.41) is 18.7. The second kappa shape index (κ2) is 5.94. The molecular formula is C19H19N7. The van der Waals surface area contributed by atoms with Gasteiger partial charge in [0, 0.05) is 37.1 Å². The van der Waals surface area contributed by atoms with E-state index in [1.165, 1.54) is 10.8 Å². The highest BCUT2D eigenvalue weighted by Crippen LogP contribution is 2.25. The number of pyridine rings is 1. The first-order valence-electron chi connectivity index (χ1n) is 8.79. The van der Waals surface area contributed by atoms with Crippen LogP contribution in [0, 0.1) is 12.8 Å². The van der Waals surface area contributed by atoms with Crippen LogP contribution in [0.1, 0.15) is 5.82 Å². The molecule has 1 saturated heterocycles. The fraction of sp³-hybridized carbons (Fsp3) is 0.263. The molecule has 130 valence electrons. The van der Waals surface area contributed by atoms with Gasteiger partial charge in [-0.25, -0.2) is 4.98 Å². The molecule has 4 aromatic rings. The van der Waals surface area contributed by atoms with Crippen molar-refractivity contribution in [2.45, 2.75) is 6.92 Å². The molecule has 7 heteroatoms. The third kappa shape index (κ3) is 2.52. The summed E-state index contributed by atoms with van der Waals surface area (Å²) in [6.07, 6.45) is 1.86. The van der Waals surface area contributed by atoms with Gasteiger partial charge in [-0.05, 0) is 30.5 Å². The maximum Gasteiger partial charge on any atom is 0.178 e. The Morgan fingerprint density at radius 3 is 2.88 bits per heavy atom. The number of rotatable bonds is 4. The SMILES string of the molecule is Cc1nnc2ccc(N3CC(CNc4nccc5ccccc45)C3)nn12. The van der Waals surface area contributed by atoms with E-state index in [1.807, 2.05) is 31.3 Å². The van der Waals surface area contributed by atoms with E-state index in [-0.39, 0.29) is 0 Å². The third-order valence-corrected chi connectivity index (χ3v) is 4.92. The Hall–Kier alpha value is -3.22. The van der Waals surface area contributed by atoms with Crippen molar-refractivity contribution in [3.05, 3.63) is 54.5 Å². The summed E-state index contributed by atoms with van der Waals surface area (Å²) in [4.78, 5) is 6.78. The number of hydrogen-bond donors (Lipinski definition) is 1. The lowest BCUT2D eigenvalue weighted by atomic mass is 10.00. The minimum absolute atomic E-state index is 0.579. The minimum Gasteiger partial charge on any atom is -0.369 e. The average Bonchev–Trinajstić information content (AvgIpc) is 3.01. The molecule has 3 aromatic heterocycles. The van der Waals surface area contributed by atoms with Crippen molar-refractivity contribution in [2.24, 2.45) is 5.92 Å². The normalized spacial score (nSPS) is 14.7. The molecule has 0 saturated carbocycles. The van der Waals surface area contributed by atoms with Gasteiger partial charge in [0.1, 0.15) is 11.6 Å². The second-order valence-corrected chi connectivity index (χ2v) is 6.74. The molecule has 1 aliphatic heterocycles. The van der Waals surface area contributed by atoms with E-state index in [4.69, 9.17) is 0 Å². The van der Waals surface area contributed by atoms with Crippen molar-refractivity contribution in [3.8, 4) is 0 Å². The molecule has 26 heavy (non-hydrogen) atoms. The van der Waals surface area contributed by atoms with Crippen LogP contribution in [0.25, 0.3) is 16.4 Å². The predicted octanol–water partition coefficient (Wildman–Crippen LogP) is 2.53. The largest absolute Gasteiger partial charge is 0.369 e. The zero-order valence-corrected chi connectivity index (χ0v) is 14.5. The topological polar surface area (TPSA) is 71.2 Å². The van der Waals surface area contributed by atoms with Gasteiger partial charge >= 0.3 is 0 Å². The first-order valence-corrected chi connectivity index (χ1v) is 8.79. The van der Waals surface area contributed by atoms with Gasteiger partial charge in [0.2, 0.25) is 0 Å². The molecule has 1 fully saturated rings. The fourth-order valence-electron chi connectivity index (χ4n) is 3.44. The van der Waals surface area contributed by atoms with Gasteiger partial charge in [0.15, 0.2) is 11.5 Å². The van der Waals surface area contributed by atoms with E-state index in [9.17, 15) is 0 Å². The van der Waals surface area contributed by atoms with Crippen molar-refractivity contribution in [2.75, 3.05) is 29.9 Å². The van der Waals surface area contributed by atoms with Crippen LogP contribution in [0.2, 0.25) is 0 Å². The van der Waals surface area contributed by atoms with E-state index >= 15 is 0 Å². The second-order valence-electron chi connectivity index (χ2n) is 6.74. The molecule has 4 heterocycles. The van der Waals surface area contributed by atoms with Crippen LogP contribution in [0.3, 0.4) is 0 Å². The Labute approximate surface area is 150 Å². The van der Waals surface area contributed by atoms with Crippen LogP contribution in [-0.4, -0.2) is 44.4 Å². The van der Waals surface area contributed by atoms with Crippen LogP contribution < -0.4 is 10.2 Å². The van der Waals surface area contributed by atoms with Crippen molar-refractivity contribution < 1.29 is 0 Å². The van der Waals surface area contributed by atoms with E-state index < -0.39 is 0 Å². The zero-order valence-electron chi connectivity index (χ0n) is 14.5. The van der Waals surface area contributed by atoms with Crippen molar-refractivity contribution in [3.63, 3.8) is 0 Å². The molecule has 0 spiro atoms. The molecule has 1 aliphatic rings. The van der Waals surface area contributed by atoms with Gasteiger partial charge in [0.25, 0.3) is 0 Å². The first kappa shape index (κ1) is 15.1. The van der Waals surface area contributed by atoms with Gasteiger partial charge in [-0.15, -0.1) is 15.3 Å². The predicted molar refractivity (Wildman–Crippen MR) is 101 cm³/mol. The first-order chi connectivity index (χ1) is 12.8. The summed E-state index contributed by atoms with van der Waals surface area (Å²) >= 11 is 0. The molecule has 0 bridgehead atoms. The van der Waals surface area contributed by atoms with Crippen LogP contribution in [0.5, 0.6) is 0 Å². The quantitative estimate of drug-likeness (QED) is 0.613. The smallest absolute Gasteiger partial charge is 0.178 e. The van der Waals surface area contributed by atoms with Gasteiger partial charge < -0.3 is 10.2 Å². The maximum absolute atomic E-state index is 4.64. The number of benzene rings is 1. The summed E-state index contributed by atoms with van der Waals surface area (Å²) in [7, 11) is 0. The number of fused-ring (bicyclic) bond motifs is 2. The third-order valence-electron chi connectivity index (χ3n) is 4.92. The minimum atomic E-state index is 0.579. The van der Waals surface area contributed by atoms with E-state index in [0.717, 1.165) is 42.7 Å². The molecule has 7 nitrogen and oxygen atoms in total. The van der Waals surface area contributed by atoms with Gasteiger partial charge in [-0.3, -0.25) is 0 Å². The lowest BCUT2D eigenvalue weighted by Crippen LogP contribution is -2.50. The lowest BCUT2D eigenvalue weighted by Gasteiger charge is -2.40. The Balaban J connectivity index is 1.24. The highest BCUT2D eigenvalue weighted by molar-refractivity contribution is 5.91. The summed E-state index contributed by atoms with van der Waals surface area (Å²) in [5.74, 6) is 3.32. The monoisotopic (exact) mass is 345 g/mol. The molecule has 0 aliphatic carbocycles. The Bertz CT molecular complexity index is 1080. The van der Waals surface area contributed by atoms with Crippen molar-refractivity contribution in [1.29, 1.82) is 0 Å². The molecule has 0 radical (unpaired) electrons. The van der Waals surface area contributed by atoms with Crippen molar-refractivity contribution in [1.82, 2.24) is 24.8 Å². The fourth-order valence-corrected chi connectivity index (χ4v) is 3.44. The van der Waals surface area contributed by atoms with E-state index in [1.54, 1.807) is 4.52 Å². The van der Waals surface area contributed by atoms with E-state index in [0.29, 0.717) is 5.92 Å². The standard InChI is InChI=1S/C19H19N7/c1-13-22-23-17-6-7-18(24-26(13)17)25-11-14(12-25)10-21-19-16-5-3-2-4-15(16)8-9-20-19/h2-9,14H,10-12H2,1H3,(H,20,21). The molecular weight excluding hydrogens is 326 g/mol. The van der Waals surface area contributed by atoms with Crippen LogP contribution >= 0.6 is 0 Å². The van der Waals surface area contributed by atoms with Crippen molar-refractivity contribution >= 4 is 28.1 Å². The number of anilines is 2. The van der Waals surface area contributed by atoms with Gasteiger partial charge in [0.05, 0.1) is 0 Å². The Morgan fingerprint density at radius 1 is 1.08 bits per heavy atom. The van der Waals surface area contributed by atoms with Crippen LogP contribution in [-0.2, 0) is 0 Å². The maximum atomic E-state index is 4.64. The zero-order chi connectivity index (χ0) is 17.5. The Kier molecular flexibility index (Phi) is 3.44. The molecule has 0 atom stereocenters. The number of hydrogen-bond acceptors (Lipinski definition) is 6. The number of aryl methyl sites for hydroxylation is 1. The molecule has 0 amide bonds. The number of nitrogens with zero attached hydrogens (tertiary/aromatic N) is 6. The average molecular weight is 345 g/mol. The summed E-state index contributed by atoms with van der Waals surface area (Å²) in [5.41, 5.74) is 0.784. The number of nitrogens with one attached hydrogen (secondary N) is 1.